The lowest BCUT2D eigenvalue weighted by Gasteiger charge is -2.30. The van der Waals surface area contributed by atoms with Gasteiger partial charge in [-0.3, -0.25) is 0 Å². The Morgan fingerprint density at radius 2 is 1.92 bits per heavy atom. The molecule has 0 nitrogen and oxygen atoms in total. The molecule has 3 aliphatic carbocycles. The molecular formula is C13H20. The van der Waals surface area contributed by atoms with Gasteiger partial charge in [0.1, 0.15) is 0 Å². The molecule has 13 heavy (non-hydrogen) atoms. The van der Waals surface area contributed by atoms with Gasteiger partial charge in [-0.05, 0) is 49.4 Å². The highest BCUT2D eigenvalue weighted by molar-refractivity contribution is 5.36. The minimum absolute atomic E-state index is 0.576. The van der Waals surface area contributed by atoms with Crippen LogP contribution >= 0.6 is 0 Å². The fourth-order valence-corrected chi connectivity index (χ4v) is 4.38. The first kappa shape index (κ1) is 8.08. The van der Waals surface area contributed by atoms with E-state index in [1.54, 1.807) is 0 Å². The summed E-state index contributed by atoms with van der Waals surface area (Å²) in [4.78, 5) is 0. The molecule has 0 saturated heterocycles. The number of hydrogen-bond acceptors (Lipinski definition) is 0. The zero-order valence-corrected chi connectivity index (χ0v) is 8.90. The molecule has 0 amide bonds. The van der Waals surface area contributed by atoms with Crippen LogP contribution in [0, 0.1) is 17.3 Å². The van der Waals surface area contributed by atoms with Gasteiger partial charge >= 0.3 is 0 Å². The van der Waals surface area contributed by atoms with Gasteiger partial charge in [-0.15, -0.1) is 0 Å². The van der Waals surface area contributed by atoms with E-state index in [-0.39, 0.29) is 0 Å². The van der Waals surface area contributed by atoms with Gasteiger partial charge in [0.2, 0.25) is 0 Å². The predicted molar refractivity (Wildman–Crippen MR) is 55.5 cm³/mol. The normalized spacial score (nSPS) is 41.1. The highest BCUT2D eigenvalue weighted by Crippen LogP contribution is 2.61. The van der Waals surface area contributed by atoms with E-state index >= 15 is 0 Å². The molecule has 0 aliphatic heterocycles. The third kappa shape index (κ3) is 0.872. The molecule has 0 heterocycles. The average Bonchev–Trinajstić information content (AvgIpc) is 2.74. The van der Waals surface area contributed by atoms with Crippen molar-refractivity contribution in [2.75, 3.05) is 0 Å². The van der Waals surface area contributed by atoms with E-state index in [9.17, 15) is 0 Å². The van der Waals surface area contributed by atoms with Gasteiger partial charge in [-0.25, -0.2) is 0 Å². The topological polar surface area (TPSA) is 0 Å². The van der Waals surface area contributed by atoms with E-state index in [1.807, 2.05) is 11.1 Å². The first-order valence-corrected chi connectivity index (χ1v) is 5.93. The maximum Gasteiger partial charge on any atom is -0.0108 e. The maximum atomic E-state index is 2.50. The summed E-state index contributed by atoms with van der Waals surface area (Å²) in [5.41, 5.74) is 4.36. The Hall–Kier alpha value is -0.260. The molecule has 0 bridgehead atoms. The van der Waals surface area contributed by atoms with Gasteiger partial charge < -0.3 is 0 Å². The molecular weight excluding hydrogens is 156 g/mol. The monoisotopic (exact) mass is 176 g/mol. The molecule has 1 saturated carbocycles. The van der Waals surface area contributed by atoms with Crippen LogP contribution in [0.15, 0.2) is 11.1 Å². The smallest absolute Gasteiger partial charge is 0.0108 e. The predicted octanol–water partition coefficient (Wildman–Crippen LogP) is 3.92. The Bertz CT molecular complexity index is 270. The quantitative estimate of drug-likeness (QED) is 0.491. The largest absolute Gasteiger partial charge is 0.0670 e. The molecule has 0 aromatic heterocycles. The van der Waals surface area contributed by atoms with Crippen LogP contribution in [0.2, 0.25) is 0 Å². The van der Waals surface area contributed by atoms with E-state index in [0.29, 0.717) is 5.41 Å². The molecule has 2 atom stereocenters. The maximum absolute atomic E-state index is 2.50. The van der Waals surface area contributed by atoms with Crippen molar-refractivity contribution in [2.24, 2.45) is 17.3 Å². The van der Waals surface area contributed by atoms with Gasteiger partial charge in [0, 0.05) is 0 Å². The summed E-state index contributed by atoms with van der Waals surface area (Å²) in [6, 6.07) is 0. The molecule has 3 aliphatic rings. The Labute approximate surface area is 81.4 Å². The fraction of sp³-hybridized carbons (Fsp3) is 0.846. The van der Waals surface area contributed by atoms with Gasteiger partial charge in [-0.2, -0.15) is 0 Å². The minimum Gasteiger partial charge on any atom is -0.0670 e. The second-order valence-electron chi connectivity index (χ2n) is 5.72. The van der Waals surface area contributed by atoms with Crippen molar-refractivity contribution >= 4 is 0 Å². The lowest BCUT2D eigenvalue weighted by atomic mass is 9.74. The van der Waals surface area contributed by atoms with Crippen LogP contribution in [0.3, 0.4) is 0 Å². The first-order valence-electron chi connectivity index (χ1n) is 5.93. The highest BCUT2D eigenvalue weighted by Gasteiger charge is 2.50. The zero-order valence-electron chi connectivity index (χ0n) is 8.90. The third-order valence-corrected chi connectivity index (χ3v) is 4.93. The van der Waals surface area contributed by atoms with Crippen LogP contribution in [-0.4, -0.2) is 0 Å². The SMILES string of the molecule is CC1(C)C2=C(CCC2)C2CCCC21. The number of hydrogen-bond donors (Lipinski definition) is 0. The summed E-state index contributed by atoms with van der Waals surface area (Å²) in [6.45, 7) is 5.01. The molecule has 1 fully saturated rings. The van der Waals surface area contributed by atoms with Crippen molar-refractivity contribution in [3.8, 4) is 0 Å². The van der Waals surface area contributed by atoms with Gasteiger partial charge in [-0.1, -0.05) is 31.4 Å². The Balaban J connectivity index is 2.06. The summed E-state index contributed by atoms with van der Waals surface area (Å²) < 4.78 is 0. The van der Waals surface area contributed by atoms with E-state index in [1.165, 1.54) is 38.5 Å². The minimum atomic E-state index is 0.576. The summed E-state index contributed by atoms with van der Waals surface area (Å²) in [5, 5.41) is 0. The van der Waals surface area contributed by atoms with Crippen LogP contribution < -0.4 is 0 Å². The number of allylic oxidation sites excluding steroid dienone is 2. The molecule has 0 heteroatoms. The Kier molecular flexibility index (Phi) is 1.49. The van der Waals surface area contributed by atoms with Crippen molar-refractivity contribution in [1.82, 2.24) is 0 Å². The van der Waals surface area contributed by atoms with Crippen molar-refractivity contribution in [3.05, 3.63) is 11.1 Å². The van der Waals surface area contributed by atoms with E-state index in [4.69, 9.17) is 0 Å². The fourth-order valence-electron chi connectivity index (χ4n) is 4.38. The van der Waals surface area contributed by atoms with E-state index in [2.05, 4.69) is 13.8 Å². The van der Waals surface area contributed by atoms with Crippen molar-refractivity contribution in [1.29, 1.82) is 0 Å². The summed E-state index contributed by atoms with van der Waals surface area (Å²) in [7, 11) is 0. The van der Waals surface area contributed by atoms with Crippen molar-refractivity contribution in [2.45, 2.75) is 52.4 Å². The van der Waals surface area contributed by atoms with Gasteiger partial charge in [0.05, 0.1) is 0 Å². The standard InChI is InChI=1S/C13H20/c1-13(2)11-7-3-5-9(11)10-6-4-8-12(10)13/h9,11H,3-8H2,1-2H3. The van der Waals surface area contributed by atoms with E-state index in [0.717, 1.165) is 11.8 Å². The van der Waals surface area contributed by atoms with Crippen LogP contribution in [-0.2, 0) is 0 Å². The second-order valence-corrected chi connectivity index (χ2v) is 5.72. The van der Waals surface area contributed by atoms with Crippen molar-refractivity contribution < 1.29 is 0 Å². The molecule has 72 valence electrons. The number of rotatable bonds is 0. The van der Waals surface area contributed by atoms with Gasteiger partial charge in [0.25, 0.3) is 0 Å². The molecule has 0 N–H and O–H groups in total. The first-order chi connectivity index (χ1) is 6.21. The van der Waals surface area contributed by atoms with Crippen LogP contribution in [0.4, 0.5) is 0 Å². The number of fused-ring (bicyclic) bond motifs is 2. The lowest BCUT2D eigenvalue weighted by molar-refractivity contribution is 0.251. The lowest BCUT2D eigenvalue weighted by Crippen LogP contribution is -2.22. The highest BCUT2D eigenvalue weighted by atomic mass is 14.5. The molecule has 0 spiro atoms. The Morgan fingerprint density at radius 1 is 1.08 bits per heavy atom. The zero-order chi connectivity index (χ0) is 9.05. The van der Waals surface area contributed by atoms with Crippen LogP contribution in [0.1, 0.15) is 52.4 Å². The Morgan fingerprint density at radius 3 is 2.77 bits per heavy atom. The van der Waals surface area contributed by atoms with Crippen LogP contribution in [0.25, 0.3) is 0 Å². The summed E-state index contributed by atoms with van der Waals surface area (Å²) in [5.74, 6) is 2.05. The van der Waals surface area contributed by atoms with E-state index < -0.39 is 0 Å². The second kappa shape index (κ2) is 2.40. The third-order valence-electron chi connectivity index (χ3n) is 4.93. The summed E-state index contributed by atoms with van der Waals surface area (Å²) >= 11 is 0. The average molecular weight is 176 g/mol. The molecule has 3 rings (SSSR count). The van der Waals surface area contributed by atoms with Crippen molar-refractivity contribution in [3.63, 3.8) is 0 Å². The van der Waals surface area contributed by atoms with Gasteiger partial charge in [0.15, 0.2) is 0 Å². The molecule has 2 unspecified atom stereocenters. The molecule has 0 aromatic carbocycles. The van der Waals surface area contributed by atoms with Crippen LogP contribution in [0.5, 0.6) is 0 Å². The summed E-state index contributed by atoms with van der Waals surface area (Å²) in [6.07, 6.45) is 8.83. The molecule has 0 aromatic rings. The molecule has 0 radical (unpaired) electrons.